The molecule has 2 heterocycles. The molecule has 1 saturated carbocycles. The van der Waals surface area contributed by atoms with Gasteiger partial charge < -0.3 is 9.84 Å². The number of rotatable bonds is 4. The Kier molecular flexibility index (Phi) is 3.75. The third-order valence-electron chi connectivity index (χ3n) is 5.57. The molecule has 3 unspecified atom stereocenters. The second-order valence-corrected chi connectivity index (χ2v) is 8.85. The standard InChI is InChI=1S/C16H24O4S/c1-15(2,13(17)18)14(19)20-16(7-3-4-8-16)11-9-10-5-6-12(11)21-10/h10-12H,3-9H2,1-2H3,(H,17,18). The van der Waals surface area contributed by atoms with E-state index in [-0.39, 0.29) is 0 Å². The minimum absolute atomic E-state index is 0.392. The van der Waals surface area contributed by atoms with Crippen LogP contribution >= 0.6 is 11.8 Å². The minimum atomic E-state index is -1.46. The van der Waals surface area contributed by atoms with Crippen LogP contribution in [0.4, 0.5) is 0 Å². The second-order valence-electron chi connectivity index (χ2n) is 7.31. The van der Waals surface area contributed by atoms with Gasteiger partial charge in [0, 0.05) is 16.4 Å². The summed E-state index contributed by atoms with van der Waals surface area (Å²) in [5.41, 5.74) is -1.85. The van der Waals surface area contributed by atoms with Gasteiger partial charge in [0.25, 0.3) is 0 Å². The molecule has 1 N–H and O–H groups in total. The van der Waals surface area contributed by atoms with Gasteiger partial charge in [-0.05, 0) is 58.8 Å². The molecule has 0 radical (unpaired) electrons. The Balaban J connectivity index is 1.79. The van der Waals surface area contributed by atoms with E-state index in [1.165, 1.54) is 26.7 Å². The minimum Gasteiger partial charge on any atom is -0.480 e. The fraction of sp³-hybridized carbons (Fsp3) is 0.875. The van der Waals surface area contributed by atoms with E-state index in [9.17, 15) is 14.7 Å². The van der Waals surface area contributed by atoms with Crippen LogP contribution in [0.15, 0.2) is 0 Å². The number of hydrogen-bond acceptors (Lipinski definition) is 4. The fourth-order valence-electron chi connectivity index (χ4n) is 4.11. The number of ether oxygens (including phenoxy) is 1. The molecule has 5 heteroatoms. The summed E-state index contributed by atoms with van der Waals surface area (Å²) >= 11 is 2.06. The smallest absolute Gasteiger partial charge is 0.323 e. The van der Waals surface area contributed by atoms with Crippen molar-refractivity contribution >= 4 is 23.7 Å². The molecule has 2 saturated heterocycles. The van der Waals surface area contributed by atoms with Crippen LogP contribution in [-0.2, 0) is 14.3 Å². The van der Waals surface area contributed by atoms with E-state index < -0.39 is 23.0 Å². The van der Waals surface area contributed by atoms with Gasteiger partial charge in [0.1, 0.15) is 5.60 Å². The molecule has 3 aliphatic rings. The highest BCUT2D eigenvalue weighted by Crippen LogP contribution is 2.57. The summed E-state index contributed by atoms with van der Waals surface area (Å²) in [4.78, 5) is 23.7. The van der Waals surface area contributed by atoms with E-state index in [4.69, 9.17) is 4.74 Å². The van der Waals surface area contributed by atoms with E-state index in [1.807, 2.05) is 0 Å². The molecule has 3 atom stereocenters. The molecule has 21 heavy (non-hydrogen) atoms. The van der Waals surface area contributed by atoms with Crippen molar-refractivity contribution in [2.75, 3.05) is 0 Å². The predicted molar refractivity (Wildman–Crippen MR) is 81.2 cm³/mol. The highest BCUT2D eigenvalue weighted by Gasteiger charge is 2.55. The van der Waals surface area contributed by atoms with Gasteiger partial charge in [0.2, 0.25) is 0 Å². The molecule has 0 aromatic heterocycles. The van der Waals surface area contributed by atoms with Crippen LogP contribution in [0.25, 0.3) is 0 Å². The molecule has 0 amide bonds. The maximum absolute atomic E-state index is 12.4. The van der Waals surface area contributed by atoms with E-state index in [1.54, 1.807) is 0 Å². The van der Waals surface area contributed by atoms with Gasteiger partial charge in [0.05, 0.1) is 0 Å². The summed E-state index contributed by atoms with van der Waals surface area (Å²) in [5, 5.41) is 10.6. The van der Waals surface area contributed by atoms with Crippen molar-refractivity contribution in [2.45, 2.75) is 74.9 Å². The lowest BCUT2D eigenvalue weighted by molar-refractivity contribution is -0.183. The number of thioether (sulfide) groups is 1. The summed E-state index contributed by atoms with van der Waals surface area (Å²) in [6.45, 7) is 2.88. The lowest BCUT2D eigenvalue weighted by Crippen LogP contribution is -2.48. The van der Waals surface area contributed by atoms with Crippen LogP contribution in [0, 0.1) is 11.3 Å². The average molecular weight is 312 g/mol. The predicted octanol–water partition coefficient (Wildman–Crippen LogP) is 3.24. The zero-order valence-corrected chi connectivity index (χ0v) is 13.6. The highest BCUT2D eigenvalue weighted by molar-refractivity contribution is 8.01. The zero-order chi connectivity index (χ0) is 15.3. The summed E-state index contributed by atoms with van der Waals surface area (Å²) in [5.74, 6) is -1.25. The van der Waals surface area contributed by atoms with Crippen LogP contribution in [0.3, 0.4) is 0 Å². The first-order chi connectivity index (χ1) is 9.85. The number of carbonyl (C=O) groups excluding carboxylic acids is 1. The summed E-state index contributed by atoms with van der Waals surface area (Å²) in [6, 6.07) is 0. The second kappa shape index (κ2) is 5.18. The third kappa shape index (κ3) is 2.47. The molecule has 0 spiro atoms. The number of hydrogen-bond donors (Lipinski definition) is 1. The number of carbonyl (C=O) groups is 2. The number of esters is 1. The largest absolute Gasteiger partial charge is 0.480 e. The normalized spacial score (nSPS) is 34.1. The van der Waals surface area contributed by atoms with Gasteiger partial charge >= 0.3 is 11.9 Å². The first-order valence-electron chi connectivity index (χ1n) is 7.97. The van der Waals surface area contributed by atoms with Crippen LogP contribution in [0.2, 0.25) is 0 Å². The van der Waals surface area contributed by atoms with E-state index in [0.29, 0.717) is 11.2 Å². The number of fused-ring (bicyclic) bond motifs is 2. The first-order valence-corrected chi connectivity index (χ1v) is 8.92. The molecule has 3 fully saturated rings. The van der Waals surface area contributed by atoms with Crippen LogP contribution in [0.1, 0.15) is 58.8 Å². The Bertz CT molecular complexity index is 453. The van der Waals surface area contributed by atoms with Gasteiger partial charge in [-0.15, -0.1) is 0 Å². The Labute approximate surface area is 130 Å². The van der Waals surface area contributed by atoms with Crippen molar-refractivity contribution in [2.24, 2.45) is 11.3 Å². The third-order valence-corrected chi connectivity index (χ3v) is 7.30. The molecular formula is C16H24O4S. The van der Waals surface area contributed by atoms with E-state index in [2.05, 4.69) is 11.8 Å². The van der Waals surface area contributed by atoms with Gasteiger partial charge in [-0.3, -0.25) is 9.59 Å². The number of carboxylic acid groups (broad SMARTS) is 1. The zero-order valence-electron chi connectivity index (χ0n) is 12.8. The molecule has 2 bridgehead atoms. The molecule has 1 aliphatic carbocycles. The van der Waals surface area contributed by atoms with Crippen molar-refractivity contribution in [3.05, 3.63) is 0 Å². The summed E-state index contributed by atoms with van der Waals surface area (Å²) in [6.07, 6.45) is 7.62. The Morgan fingerprint density at radius 1 is 1.24 bits per heavy atom. The Hall–Kier alpha value is -0.710. The van der Waals surface area contributed by atoms with Crippen molar-refractivity contribution in [1.29, 1.82) is 0 Å². The van der Waals surface area contributed by atoms with Gasteiger partial charge in [-0.1, -0.05) is 0 Å². The molecule has 0 aromatic rings. The van der Waals surface area contributed by atoms with Crippen molar-refractivity contribution in [1.82, 2.24) is 0 Å². The first kappa shape index (κ1) is 15.2. The lowest BCUT2D eigenvalue weighted by atomic mass is 9.75. The maximum atomic E-state index is 12.4. The molecular weight excluding hydrogens is 288 g/mol. The summed E-state index contributed by atoms with van der Waals surface area (Å²) in [7, 11) is 0. The average Bonchev–Trinajstić information content (AvgIpc) is 3.14. The quantitative estimate of drug-likeness (QED) is 0.638. The van der Waals surface area contributed by atoms with Gasteiger partial charge in [-0.25, -0.2) is 0 Å². The number of aliphatic carboxylic acids is 1. The fourth-order valence-corrected chi connectivity index (χ4v) is 6.02. The van der Waals surface area contributed by atoms with Gasteiger partial charge in [-0.2, -0.15) is 11.8 Å². The molecule has 3 rings (SSSR count). The van der Waals surface area contributed by atoms with Crippen molar-refractivity contribution in [3.63, 3.8) is 0 Å². The van der Waals surface area contributed by atoms with Gasteiger partial charge in [0.15, 0.2) is 5.41 Å². The Morgan fingerprint density at radius 3 is 2.38 bits per heavy atom. The summed E-state index contributed by atoms with van der Waals surface area (Å²) < 4.78 is 5.93. The molecule has 2 aliphatic heterocycles. The van der Waals surface area contributed by atoms with E-state index >= 15 is 0 Å². The highest BCUT2D eigenvalue weighted by atomic mass is 32.2. The Morgan fingerprint density at radius 2 is 1.90 bits per heavy atom. The molecule has 0 aromatic carbocycles. The van der Waals surface area contributed by atoms with Crippen molar-refractivity contribution < 1.29 is 19.4 Å². The SMILES string of the molecule is CC(C)(C(=O)O)C(=O)OC1(C2CC3CCC2S3)CCCC1. The monoisotopic (exact) mass is 312 g/mol. The molecule has 4 nitrogen and oxygen atoms in total. The van der Waals surface area contributed by atoms with Crippen molar-refractivity contribution in [3.8, 4) is 0 Å². The van der Waals surface area contributed by atoms with E-state index in [0.717, 1.165) is 37.4 Å². The van der Waals surface area contributed by atoms with Crippen LogP contribution < -0.4 is 0 Å². The van der Waals surface area contributed by atoms with Crippen LogP contribution in [-0.4, -0.2) is 33.1 Å². The topological polar surface area (TPSA) is 63.6 Å². The molecule has 118 valence electrons. The lowest BCUT2D eigenvalue weighted by Gasteiger charge is -2.40. The maximum Gasteiger partial charge on any atom is 0.323 e. The number of carboxylic acids is 1. The van der Waals surface area contributed by atoms with Crippen LogP contribution in [0.5, 0.6) is 0 Å².